The van der Waals surface area contributed by atoms with E-state index in [9.17, 15) is 4.21 Å². The van der Waals surface area contributed by atoms with Gasteiger partial charge in [0.2, 0.25) is 0 Å². The predicted molar refractivity (Wildman–Crippen MR) is 106 cm³/mol. The second-order valence-electron chi connectivity index (χ2n) is 6.20. The Morgan fingerprint density at radius 2 is 1.75 bits per heavy atom. The van der Waals surface area contributed by atoms with E-state index in [1.54, 1.807) is 12.1 Å². The molecule has 0 aliphatic carbocycles. The molecule has 2 aromatic carbocycles. The highest BCUT2D eigenvalue weighted by molar-refractivity contribution is 7.85. The van der Waals surface area contributed by atoms with Crippen molar-refractivity contribution in [1.29, 1.82) is 0 Å². The molecule has 1 atom stereocenters. The van der Waals surface area contributed by atoms with Crippen molar-refractivity contribution >= 4 is 46.0 Å². The Morgan fingerprint density at radius 1 is 1.08 bits per heavy atom. The van der Waals surface area contributed by atoms with Crippen molar-refractivity contribution in [1.82, 2.24) is 0 Å². The molecule has 2 aromatic rings. The third-order valence-electron chi connectivity index (χ3n) is 3.16. The number of allylic oxidation sites excluding steroid dienone is 1. The summed E-state index contributed by atoms with van der Waals surface area (Å²) in [4.78, 5) is 0. The molecule has 0 aromatic heterocycles. The van der Waals surface area contributed by atoms with Crippen LogP contribution in [-0.2, 0) is 11.0 Å². The summed E-state index contributed by atoms with van der Waals surface area (Å²) in [5, 5.41) is 1.14. The zero-order chi connectivity index (χ0) is 17.7. The summed E-state index contributed by atoms with van der Waals surface area (Å²) in [7, 11) is -1.35. The zero-order valence-electron chi connectivity index (χ0n) is 13.8. The molecule has 0 fully saturated rings. The zero-order valence-corrected chi connectivity index (χ0v) is 16.1. The maximum atomic E-state index is 12.4. The Balaban J connectivity index is 2.42. The summed E-state index contributed by atoms with van der Waals surface area (Å²) >= 11 is 12.1. The molecule has 5 heteroatoms. The number of hydrogen-bond donors (Lipinski definition) is 0. The molecule has 126 valence electrons. The monoisotopic (exact) mass is 379 g/mol. The first-order valence-electron chi connectivity index (χ1n) is 7.46. The van der Waals surface area contributed by atoms with Gasteiger partial charge in [0.1, 0.15) is 11.0 Å². The molecule has 0 radical (unpaired) electrons. The largest absolute Gasteiger partial charge is 0.234 e. The van der Waals surface area contributed by atoms with Gasteiger partial charge in [-0.25, -0.2) is 4.21 Å². The molecule has 0 bridgehead atoms. The predicted octanol–water partition coefficient (Wildman–Crippen LogP) is 5.96. The molecule has 0 aliphatic heterocycles. The van der Waals surface area contributed by atoms with Gasteiger partial charge in [0, 0.05) is 15.6 Å². The molecule has 0 unspecified atom stereocenters. The van der Waals surface area contributed by atoms with Gasteiger partial charge in [-0.3, -0.25) is 0 Å². The van der Waals surface area contributed by atoms with E-state index < -0.39 is 15.7 Å². The molecular formula is C19H19Cl2NOS. The van der Waals surface area contributed by atoms with Crippen LogP contribution in [0.3, 0.4) is 0 Å². The van der Waals surface area contributed by atoms with Crippen LogP contribution in [0.5, 0.6) is 0 Å². The summed E-state index contributed by atoms with van der Waals surface area (Å²) in [5.74, 6) is 0. The van der Waals surface area contributed by atoms with Crippen LogP contribution in [0.2, 0.25) is 10.0 Å². The molecule has 0 aliphatic rings. The lowest BCUT2D eigenvalue weighted by molar-refractivity contribution is 0.650. The van der Waals surface area contributed by atoms with Crippen LogP contribution in [0, 0.1) is 0 Å². The molecule has 2 nitrogen and oxygen atoms in total. The SMILES string of the molecule is CC(C)(C)[S@](=O)/N=C(/C=C/c1ccc(Cl)cc1Cl)c1ccccc1. The van der Waals surface area contributed by atoms with Crippen LogP contribution in [0.4, 0.5) is 0 Å². The molecular weight excluding hydrogens is 361 g/mol. The average Bonchev–Trinajstić information content (AvgIpc) is 2.52. The van der Waals surface area contributed by atoms with E-state index in [2.05, 4.69) is 4.40 Å². The van der Waals surface area contributed by atoms with E-state index in [0.717, 1.165) is 11.1 Å². The Hall–Kier alpha value is -1.42. The summed E-state index contributed by atoms with van der Waals surface area (Å²) in [5.41, 5.74) is 2.37. The highest BCUT2D eigenvalue weighted by Crippen LogP contribution is 2.22. The van der Waals surface area contributed by atoms with Crippen LogP contribution in [0.15, 0.2) is 59.0 Å². The van der Waals surface area contributed by atoms with Gasteiger partial charge in [-0.15, -0.1) is 0 Å². The third kappa shape index (κ3) is 5.30. The minimum Gasteiger partial charge on any atom is -0.234 e. The van der Waals surface area contributed by atoms with Gasteiger partial charge in [0.25, 0.3) is 0 Å². The summed E-state index contributed by atoms with van der Waals surface area (Å²) in [6, 6.07) is 15.0. The molecule has 0 spiro atoms. The Kier molecular flexibility index (Phi) is 6.39. The lowest BCUT2D eigenvalue weighted by Gasteiger charge is -2.14. The molecule has 2 rings (SSSR count). The number of benzene rings is 2. The van der Waals surface area contributed by atoms with E-state index in [0.29, 0.717) is 15.8 Å². The smallest absolute Gasteiger partial charge is 0.145 e. The lowest BCUT2D eigenvalue weighted by Crippen LogP contribution is -2.20. The highest BCUT2D eigenvalue weighted by atomic mass is 35.5. The number of hydrogen-bond acceptors (Lipinski definition) is 1. The minimum absolute atomic E-state index is 0.425. The number of halogens is 2. The van der Waals surface area contributed by atoms with Crippen LogP contribution in [-0.4, -0.2) is 14.7 Å². The van der Waals surface area contributed by atoms with E-state index >= 15 is 0 Å². The van der Waals surface area contributed by atoms with Crippen LogP contribution in [0.25, 0.3) is 6.08 Å². The fourth-order valence-corrected chi connectivity index (χ4v) is 2.91. The van der Waals surface area contributed by atoms with Gasteiger partial charge >= 0.3 is 0 Å². The fraction of sp³-hybridized carbons (Fsp3) is 0.211. The minimum atomic E-state index is -1.35. The van der Waals surface area contributed by atoms with E-state index in [4.69, 9.17) is 23.2 Å². The second-order valence-corrected chi connectivity index (χ2v) is 8.95. The van der Waals surface area contributed by atoms with Gasteiger partial charge in [-0.1, -0.05) is 65.7 Å². The Bertz CT molecular complexity index is 793. The molecule has 0 saturated heterocycles. The summed E-state index contributed by atoms with van der Waals surface area (Å²) in [6.45, 7) is 5.69. The third-order valence-corrected chi connectivity index (χ3v) is 5.13. The fourth-order valence-electron chi connectivity index (χ4n) is 1.82. The lowest BCUT2D eigenvalue weighted by atomic mass is 10.1. The van der Waals surface area contributed by atoms with Crippen LogP contribution >= 0.6 is 23.2 Å². The first-order valence-corrected chi connectivity index (χ1v) is 9.33. The Morgan fingerprint density at radius 3 is 2.33 bits per heavy atom. The van der Waals surface area contributed by atoms with Crippen LogP contribution in [0.1, 0.15) is 31.9 Å². The first-order chi connectivity index (χ1) is 11.3. The number of nitrogens with zero attached hydrogens (tertiary/aromatic N) is 1. The van der Waals surface area contributed by atoms with Crippen molar-refractivity contribution in [3.05, 3.63) is 75.8 Å². The quantitative estimate of drug-likeness (QED) is 0.602. The van der Waals surface area contributed by atoms with Gasteiger partial charge in [0.05, 0.1) is 10.5 Å². The standard InChI is InChI=1S/C19H19Cl2NOS/c1-19(2,3)24(23)22-18(15-7-5-4-6-8-15)12-10-14-9-11-16(20)13-17(14)21/h4-13H,1-3H3/b12-10+,22-18-/t24-/m0/s1. The summed E-state index contributed by atoms with van der Waals surface area (Å²) < 4.78 is 16.4. The van der Waals surface area contributed by atoms with Gasteiger partial charge in [0.15, 0.2) is 0 Å². The first kappa shape index (κ1) is 18.9. The maximum absolute atomic E-state index is 12.4. The molecule has 0 saturated carbocycles. The van der Waals surface area contributed by atoms with Crippen molar-refractivity contribution in [2.75, 3.05) is 0 Å². The van der Waals surface area contributed by atoms with Crippen molar-refractivity contribution in [3.63, 3.8) is 0 Å². The van der Waals surface area contributed by atoms with Crippen LogP contribution < -0.4 is 0 Å². The molecule has 0 heterocycles. The highest BCUT2D eigenvalue weighted by Gasteiger charge is 2.19. The van der Waals surface area contributed by atoms with E-state index in [1.165, 1.54) is 0 Å². The van der Waals surface area contributed by atoms with Gasteiger partial charge in [-0.2, -0.15) is 4.40 Å². The second kappa shape index (κ2) is 8.11. The normalized spacial score (nSPS) is 14.1. The van der Waals surface area contributed by atoms with E-state index in [1.807, 2.05) is 69.3 Å². The molecule has 0 N–H and O–H groups in total. The van der Waals surface area contributed by atoms with Crippen molar-refractivity contribution in [3.8, 4) is 0 Å². The van der Waals surface area contributed by atoms with Crippen molar-refractivity contribution in [2.24, 2.45) is 4.40 Å². The van der Waals surface area contributed by atoms with Gasteiger partial charge in [-0.05, 0) is 44.5 Å². The van der Waals surface area contributed by atoms with Crippen molar-refractivity contribution < 1.29 is 4.21 Å². The average molecular weight is 380 g/mol. The topological polar surface area (TPSA) is 29.4 Å². The van der Waals surface area contributed by atoms with Crippen molar-refractivity contribution in [2.45, 2.75) is 25.5 Å². The Labute approximate surface area is 155 Å². The van der Waals surface area contributed by atoms with E-state index in [-0.39, 0.29) is 0 Å². The molecule has 24 heavy (non-hydrogen) atoms. The van der Waals surface area contributed by atoms with Gasteiger partial charge < -0.3 is 0 Å². The maximum Gasteiger partial charge on any atom is 0.145 e. The number of rotatable bonds is 4. The molecule has 0 amide bonds. The summed E-state index contributed by atoms with van der Waals surface area (Å²) in [6.07, 6.45) is 3.68.